The van der Waals surface area contributed by atoms with Gasteiger partial charge in [-0.05, 0) is 25.8 Å². The number of pyridine rings is 1. The molecular formula is C14H22FN3. The van der Waals surface area contributed by atoms with Crippen LogP contribution in [0.1, 0.15) is 44.6 Å². The lowest BCUT2D eigenvalue weighted by atomic mass is 9.94. The SMILES string of the molecule is CCN(c1ncc(F)cc1CN)C1CCCCC1. The molecule has 0 amide bonds. The lowest BCUT2D eigenvalue weighted by molar-refractivity contribution is 0.415. The Balaban J connectivity index is 2.25. The van der Waals surface area contributed by atoms with E-state index in [4.69, 9.17) is 5.73 Å². The number of aromatic nitrogens is 1. The van der Waals surface area contributed by atoms with Gasteiger partial charge in [-0.1, -0.05) is 19.3 Å². The maximum atomic E-state index is 13.2. The fourth-order valence-electron chi connectivity index (χ4n) is 2.86. The third kappa shape index (κ3) is 2.80. The van der Waals surface area contributed by atoms with Gasteiger partial charge in [0.05, 0.1) is 6.20 Å². The molecule has 0 aliphatic heterocycles. The van der Waals surface area contributed by atoms with E-state index in [1.54, 1.807) is 0 Å². The summed E-state index contributed by atoms with van der Waals surface area (Å²) in [5.74, 6) is 0.562. The van der Waals surface area contributed by atoms with Crippen molar-refractivity contribution >= 4 is 5.82 Å². The molecule has 4 heteroatoms. The van der Waals surface area contributed by atoms with Gasteiger partial charge in [-0.3, -0.25) is 0 Å². The van der Waals surface area contributed by atoms with E-state index in [-0.39, 0.29) is 5.82 Å². The molecule has 1 fully saturated rings. The monoisotopic (exact) mass is 251 g/mol. The van der Waals surface area contributed by atoms with Crippen LogP contribution in [0.4, 0.5) is 10.2 Å². The Labute approximate surface area is 108 Å². The fourth-order valence-corrected chi connectivity index (χ4v) is 2.86. The van der Waals surface area contributed by atoms with Gasteiger partial charge < -0.3 is 10.6 Å². The quantitative estimate of drug-likeness (QED) is 0.894. The van der Waals surface area contributed by atoms with Crippen LogP contribution in [0.15, 0.2) is 12.3 Å². The predicted molar refractivity (Wildman–Crippen MR) is 72.0 cm³/mol. The first-order valence-electron chi connectivity index (χ1n) is 6.87. The molecule has 0 spiro atoms. The number of hydrogen-bond donors (Lipinski definition) is 1. The van der Waals surface area contributed by atoms with Crippen LogP contribution in [-0.2, 0) is 6.54 Å². The van der Waals surface area contributed by atoms with E-state index >= 15 is 0 Å². The van der Waals surface area contributed by atoms with Crippen molar-refractivity contribution in [1.29, 1.82) is 0 Å². The van der Waals surface area contributed by atoms with Gasteiger partial charge in [0.1, 0.15) is 11.6 Å². The number of nitrogens with zero attached hydrogens (tertiary/aromatic N) is 2. The zero-order valence-electron chi connectivity index (χ0n) is 11.0. The van der Waals surface area contributed by atoms with Gasteiger partial charge in [-0.25, -0.2) is 9.37 Å². The standard InChI is InChI=1S/C14H22FN3/c1-2-18(13-6-4-3-5-7-13)14-11(9-16)8-12(15)10-17-14/h8,10,13H,2-7,9,16H2,1H3. The minimum absolute atomic E-state index is 0.307. The van der Waals surface area contributed by atoms with Crippen molar-refractivity contribution in [2.45, 2.75) is 51.6 Å². The normalized spacial score (nSPS) is 16.8. The van der Waals surface area contributed by atoms with Gasteiger partial charge in [-0.15, -0.1) is 0 Å². The summed E-state index contributed by atoms with van der Waals surface area (Å²) in [5.41, 5.74) is 6.52. The second-order valence-corrected chi connectivity index (χ2v) is 4.92. The van der Waals surface area contributed by atoms with E-state index in [2.05, 4.69) is 16.8 Å². The summed E-state index contributed by atoms with van der Waals surface area (Å²) in [5, 5.41) is 0. The highest BCUT2D eigenvalue weighted by molar-refractivity contribution is 5.47. The van der Waals surface area contributed by atoms with Gasteiger partial charge in [0.15, 0.2) is 0 Å². The second-order valence-electron chi connectivity index (χ2n) is 4.92. The van der Waals surface area contributed by atoms with Crippen LogP contribution in [0, 0.1) is 5.82 Å². The molecule has 100 valence electrons. The number of anilines is 1. The molecule has 18 heavy (non-hydrogen) atoms. The van der Waals surface area contributed by atoms with E-state index in [1.807, 2.05) is 0 Å². The predicted octanol–water partition coefficient (Wildman–Crippen LogP) is 2.84. The van der Waals surface area contributed by atoms with E-state index < -0.39 is 0 Å². The molecule has 0 atom stereocenters. The van der Waals surface area contributed by atoms with Crippen molar-refractivity contribution in [3.05, 3.63) is 23.6 Å². The summed E-state index contributed by atoms with van der Waals surface area (Å²) < 4.78 is 13.2. The number of nitrogens with two attached hydrogens (primary N) is 1. The maximum Gasteiger partial charge on any atom is 0.141 e. The topological polar surface area (TPSA) is 42.2 Å². The van der Waals surface area contributed by atoms with E-state index in [0.717, 1.165) is 17.9 Å². The molecule has 0 saturated heterocycles. The van der Waals surface area contributed by atoms with Crippen LogP contribution in [0.2, 0.25) is 0 Å². The van der Waals surface area contributed by atoms with Gasteiger partial charge in [0.2, 0.25) is 0 Å². The third-order valence-corrected chi connectivity index (χ3v) is 3.76. The van der Waals surface area contributed by atoms with Gasteiger partial charge in [-0.2, -0.15) is 0 Å². The molecule has 1 aromatic rings. The summed E-state index contributed by atoms with van der Waals surface area (Å²) in [6, 6.07) is 2.04. The Hall–Kier alpha value is -1.16. The van der Waals surface area contributed by atoms with E-state index in [0.29, 0.717) is 12.6 Å². The Bertz CT molecular complexity index is 389. The maximum absolute atomic E-state index is 13.2. The lowest BCUT2D eigenvalue weighted by Crippen LogP contribution is -2.38. The molecule has 2 rings (SSSR count). The van der Waals surface area contributed by atoms with Crippen molar-refractivity contribution < 1.29 is 4.39 Å². The highest BCUT2D eigenvalue weighted by atomic mass is 19.1. The molecule has 0 bridgehead atoms. The molecule has 1 saturated carbocycles. The summed E-state index contributed by atoms with van der Waals surface area (Å²) in [6.45, 7) is 3.36. The van der Waals surface area contributed by atoms with Crippen LogP contribution < -0.4 is 10.6 Å². The smallest absolute Gasteiger partial charge is 0.141 e. The summed E-state index contributed by atoms with van der Waals surface area (Å²) in [7, 11) is 0. The zero-order chi connectivity index (χ0) is 13.0. The van der Waals surface area contributed by atoms with Crippen LogP contribution in [0.5, 0.6) is 0 Å². The minimum Gasteiger partial charge on any atom is -0.354 e. The molecule has 1 aliphatic rings. The summed E-state index contributed by atoms with van der Waals surface area (Å²) in [6.07, 6.45) is 7.59. The molecule has 1 heterocycles. The van der Waals surface area contributed by atoms with Crippen molar-refractivity contribution in [1.82, 2.24) is 4.98 Å². The molecule has 1 aromatic heterocycles. The largest absolute Gasteiger partial charge is 0.354 e. The highest BCUT2D eigenvalue weighted by Gasteiger charge is 2.22. The molecule has 0 unspecified atom stereocenters. The number of halogens is 1. The average molecular weight is 251 g/mol. The first-order chi connectivity index (χ1) is 8.76. The second kappa shape index (κ2) is 6.14. The van der Waals surface area contributed by atoms with Crippen molar-refractivity contribution in [3.8, 4) is 0 Å². The van der Waals surface area contributed by atoms with Crippen molar-refractivity contribution in [2.24, 2.45) is 5.73 Å². The molecule has 0 radical (unpaired) electrons. The Morgan fingerprint density at radius 1 is 1.39 bits per heavy atom. The average Bonchev–Trinajstić information content (AvgIpc) is 2.42. The Morgan fingerprint density at radius 3 is 2.72 bits per heavy atom. The number of rotatable bonds is 4. The highest BCUT2D eigenvalue weighted by Crippen LogP contribution is 2.28. The number of hydrogen-bond acceptors (Lipinski definition) is 3. The van der Waals surface area contributed by atoms with Crippen LogP contribution in [0.3, 0.4) is 0 Å². The van der Waals surface area contributed by atoms with E-state index in [1.165, 1.54) is 44.4 Å². The van der Waals surface area contributed by atoms with Crippen LogP contribution in [0.25, 0.3) is 0 Å². The van der Waals surface area contributed by atoms with Crippen molar-refractivity contribution in [2.75, 3.05) is 11.4 Å². The first kappa shape index (κ1) is 13.3. The molecular weight excluding hydrogens is 229 g/mol. The molecule has 0 aromatic carbocycles. The van der Waals surface area contributed by atoms with Gasteiger partial charge in [0, 0.05) is 24.7 Å². The Morgan fingerprint density at radius 2 is 2.11 bits per heavy atom. The Kier molecular flexibility index (Phi) is 4.53. The van der Waals surface area contributed by atoms with Gasteiger partial charge >= 0.3 is 0 Å². The van der Waals surface area contributed by atoms with Gasteiger partial charge in [0.25, 0.3) is 0 Å². The van der Waals surface area contributed by atoms with E-state index in [9.17, 15) is 4.39 Å². The summed E-state index contributed by atoms with van der Waals surface area (Å²) >= 11 is 0. The lowest BCUT2D eigenvalue weighted by Gasteiger charge is -2.35. The van der Waals surface area contributed by atoms with Crippen LogP contribution >= 0.6 is 0 Å². The van der Waals surface area contributed by atoms with Crippen LogP contribution in [-0.4, -0.2) is 17.6 Å². The molecule has 1 aliphatic carbocycles. The third-order valence-electron chi connectivity index (χ3n) is 3.76. The molecule has 2 N–H and O–H groups in total. The summed E-state index contributed by atoms with van der Waals surface area (Å²) in [4.78, 5) is 6.56. The fraction of sp³-hybridized carbons (Fsp3) is 0.643. The first-order valence-corrected chi connectivity index (χ1v) is 6.87. The molecule has 3 nitrogen and oxygen atoms in total. The zero-order valence-corrected chi connectivity index (χ0v) is 11.0. The minimum atomic E-state index is -0.307. The van der Waals surface area contributed by atoms with Crippen molar-refractivity contribution in [3.63, 3.8) is 0 Å².